The molecule has 0 bridgehead atoms. The van der Waals surface area contributed by atoms with E-state index in [9.17, 15) is 0 Å². The first-order valence-electron chi connectivity index (χ1n) is 6.46. The minimum Gasteiger partial charge on any atom is -0.310 e. The number of hydrogen-bond acceptors (Lipinski definition) is 2. The topological polar surface area (TPSA) is 29.3 Å². The van der Waals surface area contributed by atoms with Crippen LogP contribution in [0.1, 0.15) is 50.0 Å². The van der Waals surface area contributed by atoms with E-state index in [0.717, 1.165) is 12.4 Å². The number of pyridine rings is 1. The summed E-state index contributed by atoms with van der Waals surface area (Å²) >= 11 is 0. The first-order valence-corrected chi connectivity index (χ1v) is 6.46. The van der Waals surface area contributed by atoms with Gasteiger partial charge in [0.2, 0.25) is 0 Å². The Morgan fingerprint density at radius 1 is 1.41 bits per heavy atom. The Bertz CT molecular complexity index is 521. The zero-order valence-corrected chi connectivity index (χ0v) is 10.5. The summed E-state index contributed by atoms with van der Waals surface area (Å²) in [5.41, 5.74) is 2.57. The molecule has 90 valence electrons. The van der Waals surface area contributed by atoms with E-state index in [0.29, 0.717) is 12.0 Å². The molecule has 3 heterocycles. The third-order valence-electron chi connectivity index (χ3n) is 3.56. The normalized spacial score (nSPS) is 20.5. The van der Waals surface area contributed by atoms with Gasteiger partial charge < -0.3 is 9.72 Å². The fourth-order valence-corrected chi connectivity index (χ4v) is 2.63. The van der Waals surface area contributed by atoms with Crippen LogP contribution in [0.2, 0.25) is 0 Å². The number of nitrogens with zero attached hydrogens (tertiary/aromatic N) is 2. The number of hydrogen-bond donors (Lipinski definition) is 1. The third kappa shape index (κ3) is 1.84. The SMILES string of the molecule is CC(C)c1ncc2ccc(C3CCCN3)cn12. The second-order valence-corrected chi connectivity index (χ2v) is 5.18. The van der Waals surface area contributed by atoms with Crippen molar-refractivity contribution in [2.45, 2.75) is 38.6 Å². The van der Waals surface area contributed by atoms with Gasteiger partial charge in [0, 0.05) is 18.2 Å². The van der Waals surface area contributed by atoms with E-state index >= 15 is 0 Å². The van der Waals surface area contributed by atoms with Crippen LogP contribution in [0.4, 0.5) is 0 Å². The number of rotatable bonds is 2. The average Bonchev–Trinajstić information content (AvgIpc) is 2.97. The summed E-state index contributed by atoms with van der Waals surface area (Å²) < 4.78 is 2.24. The Balaban J connectivity index is 2.06. The van der Waals surface area contributed by atoms with E-state index in [4.69, 9.17) is 0 Å². The van der Waals surface area contributed by atoms with E-state index in [1.54, 1.807) is 0 Å². The molecule has 2 aromatic heterocycles. The van der Waals surface area contributed by atoms with Gasteiger partial charge in [-0.2, -0.15) is 0 Å². The second kappa shape index (κ2) is 4.15. The predicted octanol–water partition coefficient (Wildman–Crippen LogP) is 2.88. The summed E-state index contributed by atoms with van der Waals surface area (Å²) in [6.45, 7) is 5.52. The van der Waals surface area contributed by atoms with Crippen molar-refractivity contribution in [3.8, 4) is 0 Å². The van der Waals surface area contributed by atoms with E-state index in [1.807, 2.05) is 6.20 Å². The van der Waals surface area contributed by atoms with Crippen molar-refractivity contribution in [1.82, 2.24) is 14.7 Å². The number of imidazole rings is 1. The smallest absolute Gasteiger partial charge is 0.115 e. The largest absolute Gasteiger partial charge is 0.310 e. The lowest BCUT2D eigenvalue weighted by molar-refractivity contribution is 0.641. The van der Waals surface area contributed by atoms with Gasteiger partial charge in [-0.05, 0) is 31.0 Å². The standard InChI is InChI=1S/C14H19N3/c1-10(2)14-16-8-12-6-5-11(9-17(12)14)13-4-3-7-15-13/h5-6,8-10,13,15H,3-4,7H2,1-2H3. The third-order valence-corrected chi connectivity index (χ3v) is 3.56. The van der Waals surface area contributed by atoms with Crippen molar-refractivity contribution >= 4 is 5.52 Å². The molecule has 3 nitrogen and oxygen atoms in total. The molecule has 0 spiro atoms. The van der Waals surface area contributed by atoms with Crippen molar-refractivity contribution in [1.29, 1.82) is 0 Å². The van der Waals surface area contributed by atoms with E-state index in [2.05, 4.69) is 46.9 Å². The zero-order chi connectivity index (χ0) is 11.8. The van der Waals surface area contributed by atoms with E-state index < -0.39 is 0 Å². The van der Waals surface area contributed by atoms with Crippen molar-refractivity contribution in [2.24, 2.45) is 0 Å². The molecule has 3 heteroatoms. The maximum atomic E-state index is 4.51. The highest BCUT2D eigenvalue weighted by atomic mass is 15.0. The molecule has 1 unspecified atom stereocenters. The van der Waals surface area contributed by atoms with Gasteiger partial charge in [-0.25, -0.2) is 4.98 Å². The molecule has 0 aliphatic carbocycles. The molecule has 3 rings (SSSR count). The molecule has 1 fully saturated rings. The lowest BCUT2D eigenvalue weighted by Crippen LogP contribution is -2.13. The molecule has 17 heavy (non-hydrogen) atoms. The van der Waals surface area contributed by atoms with Gasteiger partial charge in [0.1, 0.15) is 5.82 Å². The van der Waals surface area contributed by atoms with Crippen molar-refractivity contribution in [3.63, 3.8) is 0 Å². The van der Waals surface area contributed by atoms with Gasteiger partial charge in [0.05, 0.1) is 11.7 Å². The van der Waals surface area contributed by atoms with Crippen molar-refractivity contribution < 1.29 is 0 Å². The second-order valence-electron chi connectivity index (χ2n) is 5.18. The summed E-state index contributed by atoms with van der Waals surface area (Å²) in [5.74, 6) is 1.61. The first-order chi connectivity index (χ1) is 8.25. The van der Waals surface area contributed by atoms with Gasteiger partial charge in [-0.1, -0.05) is 19.9 Å². The van der Waals surface area contributed by atoms with Crippen molar-refractivity contribution in [3.05, 3.63) is 35.9 Å². The lowest BCUT2D eigenvalue weighted by Gasteiger charge is -2.12. The van der Waals surface area contributed by atoms with Crippen LogP contribution in [0.25, 0.3) is 5.52 Å². The summed E-state index contributed by atoms with van der Waals surface area (Å²) in [6, 6.07) is 4.93. The fraction of sp³-hybridized carbons (Fsp3) is 0.500. The predicted molar refractivity (Wildman–Crippen MR) is 69.3 cm³/mol. The molecule has 1 saturated heterocycles. The summed E-state index contributed by atoms with van der Waals surface area (Å²) in [5, 5.41) is 3.54. The van der Waals surface area contributed by atoms with Gasteiger partial charge >= 0.3 is 0 Å². The van der Waals surface area contributed by atoms with Crippen LogP contribution < -0.4 is 5.32 Å². The van der Waals surface area contributed by atoms with E-state index in [-0.39, 0.29) is 0 Å². The van der Waals surface area contributed by atoms with E-state index in [1.165, 1.54) is 23.9 Å². The molecule has 2 aromatic rings. The van der Waals surface area contributed by atoms with Crippen LogP contribution in [0, 0.1) is 0 Å². The summed E-state index contributed by atoms with van der Waals surface area (Å²) in [4.78, 5) is 4.51. The van der Waals surface area contributed by atoms with Crippen LogP contribution >= 0.6 is 0 Å². The number of aromatic nitrogens is 2. The van der Waals surface area contributed by atoms with Gasteiger partial charge in [-0.3, -0.25) is 0 Å². The fourth-order valence-electron chi connectivity index (χ4n) is 2.63. The number of nitrogens with one attached hydrogen (secondary N) is 1. The van der Waals surface area contributed by atoms with Crippen LogP contribution in [-0.2, 0) is 0 Å². The van der Waals surface area contributed by atoms with Crippen LogP contribution in [0.5, 0.6) is 0 Å². The molecule has 0 aromatic carbocycles. The van der Waals surface area contributed by atoms with Gasteiger partial charge in [-0.15, -0.1) is 0 Å². The number of fused-ring (bicyclic) bond motifs is 1. The molecular formula is C14H19N3. The lowest BCUT2D eigenvalue weighted by atomic mass is 10.1. The van der Waals surface area contributed by atoms with Gasteiger partial charge in [0.15, 0.2) is 0 Å². The Labute approximate surface area is 102 Å². The molecule has 0 amide bonds. The molecule has 1 aliphatic heterocycles. The summed E-state index contributed by atoms with van der Waals surface area (Å²) in [7, 11) is 0. The van der Waals surface area contributed by atoms with Crippen LogP contribution in [0.15, 0.2) is 24.5 Å². The quantitative estimate of drug-likeness (QED) is 0.858. The molecule has 1 atom stereocenters. The highest BCUT2D eigenvalue weighted by Crippen LogP contribution is 2.24. The summed E-state index contributed by atoms with van der Waals surface area (Å²) in [6.07, 6.45) is 6.74. The Hall–Kier alpha value is -1.35. The monoisotopic (exact) mass is 229 g/mol. The van der Waals surface area contributed by atoms with Gasteiger partial charge in [0.25, 0.3) is 0 Å². The minimum atomic E-state index is 0.462. The first kappa shape index (κ1) is 10.8. The molecule has 0 saturated carbocycles. The Morgan fingerprint density at radius 3 is 3.00 bits per heavy atom. The molecule has 1 N–H and O–H groups in total. The highest BCUT2D eigenvalue weighted by molar-refractivity contribution is 5.47. The minimum absolute atomic E-state index is 0.462. The highest BCUT2D eigenvalue weighted by Gasteiger charge is 2.17. The zero-order valence-electron chi connectivity index (χ0n) is 10.5. The molecule has 0 radical (unpaired) electrons. The Kier molecular flexibility index (Phi) is 2.63. The maximum Gasteiger partial charge on any atom is 0.115 e. The Morgan fingerprint density at radius 2 is 2.29 bits per heavy atom. The van der Waals surface area contributed by atoms with Crippen LogP contribution in [-0.4, -0.2) is 15.9 Å². The molecule has 1 aliphatic rings. The van der Waals surface area contributed by atoms with Crippen LogP contribution in [0.3, 0.4) is 0 Å². The maximum absolute atomic E-state index is 4.51. The molecular weight excluding hydrogens is 210 g/mol. The van der Waals surface area contributed by atoms with Crippen molar-refractivity contribution in [2.75, 3.05) is 6.54 Å². The average molecular weight is 229 g/mol.